The van der Waals surface area contributed by atoms with Crippen molar-refractivity contribution in [2.24, 2.45) is 0 Å². The molecule has 1 aliphatic carbocycles. The van der Waals surface area contributed by atoms with E-state index in [-0.39, 0.29) is 32.9 Å². The molecule has 160 valence electrons. The summed E-state index contributed by atoms with van der Waals surface area (Å²) in [4.78, 5) is 15.5. The second kappa shape index (κ2) is 8.04. The Morgan fingerprint density at radius 1 is 0.844 bits per heavy atom. The Labute approximate surface area is 186 Å². The summed E-state index contributed by atoms with van der Waals surface area (Å²) < 4.78 is 31.4. The van der Waals surface area contributed by atoms with Gasteiger partial charge in [-0.2, -0.15) is 8.42 Å². The number of ketones is 1. The lowest BCUT2D eigenvalue weighted by atomic mass is 9.78. The van der Waals surface area contributed by atoms with Crippen molar-refractivity contribution in [3.8, 4) is 5.75 Å². The first-order valence-electron chi connectivity index (χ1n) is 9.95. The molecule has 0 atom stereocenters. The van der Waals surface area contributed by atoms with E-state index in [1.807, 2.05) is 30.3 Å². The standard InChI is InChI=1S/C25H21N2O4S/c1-25(2,17-7-4-3-5-8-17)18-11-13-19(14-12-18)31-32(29,30)23-10-6-9-21-20(23)15-16-22(27-26)24(21)28/h3-16,26H,1-2H3/q+1. The molecule has 0 saturated heterocycles. The van der Waals surface area contributed by atoms with Crippen molar-refractivity contribution >= 4 is 27.7 Å². The summed E-state index contributed by atoms with van der Waals surface area (Å²) in [5.74, 6) is -0.322. The molecule has 0 aliphatic heterocycles. The third-order valence-electron chi connectivity index (χ3n) is 5.62. The van der Waals surface area contributed by atoms with Gasteiger partial charge in [-0.05, 0) is 35.4 Å². The molecule has 0 bridgehead atoms. The van der Waals surface area contributed by atoms with Crippen LogP contribution in [0.1, 0.15) is 40.9 Å². The molecular formula is C25H21N2O4S+. The maximum atomic E-state index is 13.0. The zero-order valence-corrected chi connectivity index (χ0v) is 18.4. The molecule has 3 aromatic rings. The van der Waals surface area contributed by atoms with Gasteiger partial charge in [-0.25, -0.2) is 0 Å². The Kier molecular flexibility index (Phi) is 5.38. The molecule has 32 heavy (non-hydrogen) atoms. The number of nitrogens with zero attached hydrogens (tertiary/aromatic N) is 1. The maximum absolute atomic E-state index is 13.0. The summed E-state index contributed by atoms with van der Waals surface area (Å²) in [6, 6.07) is 21.4. The molecule has 0 saturated carbocycles. The normalized spacial score (nSPS) is 13.4. The van der Waals surface area contributed by atoms with E-state index in [4.69, 9.17) is 9.71 Å². The van der Waals surface area contributed by atoms with Gasteiger partial charge >= 0.3 is 15.8 Å². The van der Waals surface area contributed by atoms with Crippen molar-refractivity contribution in [3.05, 3.63) is 101 Å². The second-order valence-corrected chi connectivity index (χ2v) is 9.44. The molecule has 1 aliphatic rings. The Bertz CT molecular complexity index is 1380. The van der Waals surface area contributed by atoms with Crippen LogP contribution in [-0.4, -0.2) is 24.7 Å². The highest BCUT2D eigenvalue weighted by Gasteiger charge is 2.32. The van der Waals surface area contributed by atoms with Crippen LogP contribution in [0.2, 0.25) is 0 Å². The lowest BCUT2D eigenvalue weighted by Crippen LogP contribution is -2.21. The lowest BCUT2D eigenvalue weighted by molar-refractivity contribution is -0.117. The van der Waals surface area contributed by atoms with Gasteiger partial charge in [0.1, 0.15) is 10.6 Å². The van der Waals surface area contributed by atoms with E-state index in [1.165, 1.54) is 30.4 Å². The van der Waals surface area contributed by atoms with E-state index in [0.29, 0.717) is 0 Å². The summed E-state index contributed by atoms with van der Waals surface area (Å²) in [7, 11) is -4.19. The van der Waals surface area contributed by atoms with Crippen LogP contribution < -0.4 is 4.18 Å². The summed E-state index contributed by atoms with van der Waals surface area (Å²) in [5, 5.41) is 0. The molecule has 0 fully saturated rings. The number of fused-ring (bicyclic) bond motifs is 1. The molecule has 6 nitrogen and oxygen atoms in total. The first-order chi connectivity index (χ1) is 15.2. The van der Waals surface area contributed by atoms with Crippen molar-refractivity contribution in [2.45, 2.75) is 24.2 Å². The smallest absolute Gasteiger partial charge is 0.379 e. The number of benzene rings is 3. The highest BCUT2D eigenvalue weighted by Crippen LogP contribution is 2.33. The minimum atomic E-state index is -4.19. The van der Waals surface area contributed by atoms with E-state index in [9.17, 15) is 13.2 Å². The van der Waals surface area contributed by atoms with Crippen molar-refractivity contribution in [3.63, 3.8) is 0 Å². The van der Waals surface area contributed by atoms with E-state index < -0.39 is 15.9 Å². The molecule has 7 heteroatoms. The van der Waals surface area contributed by atoms with Crippen molar-refractivity contribution in [1.29, 1.82) is 5.53 Å². The summed E-state index contributed by atoms with van der Waals surface area (Å²) in [5.41, 5.74) is 9.32. The molecule has 0 unspecified atom stereocenters. The number of Topliss-reactive ketones (excluding diaryl/α,β-unsaturated/α-hetero) is 1. The van der Waals surface area contributed by atoms with E-state index in [2.05, 4.69) is 30.8 Å². The molecule has 0 heterocycles. The first kappa shape index (κ1) is 21.4. The molecule has 4 rings (SSSR count). The highest BCUT2D eigenvalue weighted by molar-refractivity contribution is 7.87. The quantitative estimate of drug-likeness (QED) is 0.350. The maximum Gasteiger partial charge on any atom is 0.412 e. The number of hydrogen-bond acceptors (Lipinski definition) is 5. The number of carbonyl (C=O) groups excluding carboxylic acids is 1. The zero-order valence-electron chi connectivity index (χ0n) is 17.6. The van der Waals surface area contributed by atoms with Gasteiger partial charge in [0.15, 0.2) is 0 Å². The average molecular weight is 446 g/mol. The fraction of sp³-hybridized carbons (Fsp3) is 0.120. The Balaban J connectivity index is 1.64. The summed E-state index contributed by atoms with van der Waals surface area (Å²) in [6.07, 6.45) is 2.79. The van der Waals surface area contributed by atoms with Gasteiger partial charge < -0.3 is 4.18 Å². The van der Waals surface area contributed by atoms with E-state index >= 15 is 0 Å². The fourth-order valence-electron chi connectivity index (χ4n) is 3.72. The van der Waals surface area contributed by atoms with Gasteiger partial charge in [0.2, 0.25) is 0 Å². The monoisotopic (exact) mass is 445 g/mol. The molecule has 1 N–H and O–H groups in total. The van der Waals surface area contributed by atoms with Crippen molar-refractivity contribution < 1.29 is 22.2 Å². The lowest BCUT2D eigenvalue weighted by Gasteiger charge is -2.26. The topological polar surface area (TPSA) is 98.4 Å². The third-order valence-corrected chi connectivity index (χ3v) is 6.92. The van der Waals surface area contributed by atoms with Crippen LogP contribution in [0, 0.1) is 5.53 Å². The van der Waals surface area contributed by atoms with Gasteiger partial charge in [0.05, 0.1) is 10.3 Å². The summed E-state index contributed by atoms with van der Waals surface area (Å²) >= 11 is 0. The Morgan fingerprint density at radius 3 is 2.16 bits per heavy atom. The Hall–Kier alpha value is -3.80. The van der Waals surface area contributed by atoms with Gasteiger partial charge in [-0.1, -0.05) is 68.4 Å². The van der Waals surface area contributed by atoms with E-state index in [1.54, 1.807) is 12.1 Å². The highest BCUT2D eigenvalue weighted by atomic mass is 32.2. The number of allylic oxidation sites excluding steroid dienone is 1. The molecule has 0 aromatic heterocycles. The molecule has 3 aromatic carbocycles. The van der Waals surface area contributed by atoms with Crippen molar-refractivity contribution in [1.82, 2.24) is 0 Å². The minimum absolute atomic E-state index is 0.0513. The van der Waals surface area contributed by atoms with Crippen LogP contribution in [0.3, 0.4) is 0 Å². The molecular weight excluding hydrogens is 424 g/mol. The van der Waals surface area contributed by atoms with E-state index in [0.717, 1.165) is 11.1 Å². The zero-order chi connectivity index (χ0) is 22.9. The number of carbonyl (C=O) groups is 1. The molecule has 0 amide bonds. The molecule has 0 radical (unpaired) electrons. The first-order valence-corrected chi connectivity index (χ1v) is 11.4. The van der Waals surface area contributed by atoms with Crippen LogP contribution in [0.25, 0.3) is 6.08 Å². The SMILES string of the molecule is CC(C)(c1ccccc1)c1ccc(OS(=O)(=O)c2cccc3c2C=CC(=[N+]=N)C3=O)cc1. The number of rotatable bonds is 5. The summed E-state index contributed by atoms with van der Waals surface area (Å²) in [6.45, 7) is 4.20. The fourth-order valence-corrected chi connectivity index (χ4v) is 4.86. The second-order valence-electron chi connectivity index (χ2n) is 7.93. The third kappa shape index (κ3) is 3.80. The average Bonchev–Trinajstić information content (AvgIpc) is 2.80. The predicted octanol–water partition coefficient (Wildman–Crippen LogP) is 4.67. The van der Waals surface area contributed by atoms with Gasteiger partial charge in [0, 0.05) is 22.6 Å². The van der Waals surface area contributed by atoms with Crippen LogP contribution in [0.15, 0.2) is 83.8 Å². The van der Waals surface area contributed by atoms with Crippen molar-refractivity contribution in [2.75, 3.05) is 0 Å². The van der Waals surface area contributed by atoms with Crippen LogP contribution >= 0.6 is 0 Å². The number of hydrogen-bond donors (Lipinski definition) is 1. The Morgan fingerprint density at radius 2 is 1.50 bits per heavy atom. The van der Waals surface area contributed by atoms with Gasteiger partial charge in [-0.15, -0.1) is 0 Å². The van der Waals surface area contributed by atoms with Crippen LogP contribution in [0.4, 0.5) is 0 Å². The van der Waals surface area contributed by atoms with Crippen LogP contribution in [0.5, 0.6) is 5.75 Å². The number of nitrogens with one attached hydrogen (secondary N) is 1. The largest absolute Gasteiger partial charge is 0.412 e. The predicted molar refractivity (Wildman–Crippen MR) is 121 cm³/mol. The molecule has 0 spiro atoms. The van der Waals surface area contributed by atoms with Gasteiger partial charge in [-0.3, -0.25) is 4.79 Å². The van der Waals surface area contributed by atoms with Gasteiger partial charge in [0.25, 0.3) is 5.78 Å². The minimum Gasteiger partial charge on any atom is -0.379 e. The van der Waals surface area contributed by atoms with Crippen LogP contribution in [-0.2, 0) is 15.5 Å².